The first-order chi connectivity index (χ1) is 9.29. The van der Waals surface area contributed by atoms with Crippen LogP contribution in [-0.4, -0.2) is 25.0 Å². The van der Waals surface area contributed by atoms with E-state index in [0.717, 1.165) is 35.0 Å². The van der Waals surface area contributed by atoms with Crippen LogP contribution in [0.2, 0.25) is 0 Å². The summed E-state index contributed by atoms with van der Waals surface area (Å²) >= 11 is 0. The molecule has 5 nitrogen and oxygen atoms in total. The smallest absolute Gasteiger partial charge is 0.162 e. The molecule has 1 N–H and O–H groups in total. The van der Waals surface area contributed by atoms with E-state index in [4.69, 9.17) is 0 Å². The van der Waals surface area contributed by atoms with Gasteiger partial charge in [0.05, 0.1) is 17.5 Å². The molecule has 0 aliphatic rings. The van der Waals surface area contributed by atoms with Crippen molar-refractivity contribution in [2.24, 2.45) is 0 Å². The molecule has 3 rings (SSSR count). The van der Waals surface area contributed by atoms with Crippen LogP contribution >= 0.6 is 0 Å². The molecule has 0 saturated carbocycles. The lowest BCUT2D eigenvalue weighted by atomic mass is 10.1. The van der Waals surface area contributed by atoms with Gasteiger partial charge in [-0.2, -0.15) is 10.2 Å². The van der Waals surface area contributed by atoms with Crippen LogP contribution in [0.5, 0.6) is 0 Å². The Morgan fingerprint density at radius 3 is 2.74 bits per heavy atom. The van der Waals surface area contributed by atoms with Gasteiger partial charge in [-0.3, -0.25) is 5.10 Å². The second-order valence-corrected chi connectivity index (χ2v) is 4.32. The first-order valence-electron chi connectivity index (χ1n) is 6.30. The second kappa shape index (κ2) is 4.68. The molecule has 0 aliphatic carbocycles. The summed E-state index contributed by atoms with van der Waals surface area (Å²) in [6.07, 6.45) is 1.80. The van der Waals surface area contributed by atoms with Crippen molar-refractivity contribution < 1.29 is 0 Å². The molecule has 2 aromatic heterocycles. The third-order valence-electron chi connectivity index (χ3n) is 3.02. The van der Waals surface area contributed by atoms with Crippen molar-refractivity contribution in [3.05, 3.63) is 42.4 Å². The molecule has 2 heterocycles. The van der Waals surface area contributed by atoms with E-state index >= 15 is 0 Å². The maximum Gasteiger partial charge on any atom is 0.162 e. The molecule has 96 valence electrons. The Morgan fingerprint density at radius 2 is 2.00 bits per heavy atom. The monoisotopic (exact) mass is 253 g/mol. The standard InChI is InChI=1S/C14H15N5/c1-3-19-14(16-10(2)18-19)12-9-15-17-13(12)11-7-5-4-6-8-11/h4-9H,3H2,1-2H3,(H,15,17). The van der Waals surface area contributed by atoms with Crippen LogP contribution < -0.4 is 0 Å². The summed E-state index contributed by atoms with van der Waals surface area (Å²) in [5.41, 5.74) is 3.05. The quantitative estimate of drug-likeness (QED) is 0.780. The molecule has 0 saturated heterocycles. The predicted octanol–water partition coefficient (Wildman–Crippen LogP) is 2.66. The zero-order valence-corrected chi connectivity index (χ0v) is 11.0. The van der Waals surface area contributed by atoms with E-state index in [1.807, 2.05) is 29.8 Å². The molecule has 5 heteroatoms. The van der Waals surface area contributed by atoms with E-state index in [1.165, 1.54) is 0 Å². The molecular formula is C14H15N5. The molecule has 3 aromatic rings. The molecular weight excluding hydrogens is 238 g/mol. The van der Waals surface area contributed by atoms with E-state index in [0.29, 0.717) is 0 Å². The van der Waals surface area contributed by atoms with Crippen molar-refractivity contribution in [2.75, 3.05) is 0 Å². The van der Waals surface area contributed by atoms with Gasteiger partial charge in [0.1, 0.15) is 5.82 Å². The van der Waals surface area contributed by atoms with Crippen molar-refractivity contribution in [1.29, 1.82) is 0 Å². The molecule has 0 spiro atoms. The predicted molar refractivity (Wildman–Crippen MR) is 73.5 cm³/mol. The van der Waals surface area contributed by atoms with Crippen molar-refractivity contribution in [1.82, 2.24) is 25.0 Å². The number of aromatic nitrogens is 5. The van der Waals surface area contributed by atoms with Crippen molar-refractivity contribution in [3.63, 3.8) is 0 Å². The van der Waals surface area contributed by atoms with Gasteiger partial charge in [-0.1, -0.05) is 30.3 Å². The number of H-pyrrole nitrogens is 1. The van der Waals surface area contributed by atoms with Gasteiger partial charge in [-0.15, -0.1) is 0 Å². The van der Waals surface area contributed by atoms with Crippen LogP contribution in [0.4, 0.5) is 0 Å². The van der Waals surface area contributed by atoms with E-state index in [1.54, 1.807) is 6.20 Å². The zero-order valence-electron chi connectivity index (χ0n) is 11.0. The Bertz CT molecular complexity index is 681. The first-order valence-corrected chi connectivity index (χ1v) is 6.30. The number of nitrogens with one attached hydrogen (secondary N) is 1. The first kappa shape index (κ1) is 11.6. The van der Waals surface area contributed by atoms with Crippen LogP contribution in [-0.2, 0) is 6.54 Å². The maximum absolute atomic E-state index is 4.50. The number of hydrogen-bond acceptors (Lipinski definition) is 3. The Hall–Kier alpha value is -2.43. The minimum Gasteiger partial charge on any atom is -0.277 e. The topological polar surface area (TPSA) is 59.4 Å². The highest BCUT2D eigenvalue weighted by Gasteiger charge is 2.15. The number of benzene rings is 1. The minimum absolute atomic E-state index is 0.775. The molecule has 19 heavy (non-hydrogen) atoms. The lowest BCUT2D eigenvalue weighted by molar-refractivity contribution is 0.660. The SMILES string of the molecule is CCn1nc(C)nc1-c1cn[nH]c1-c1ccccc1. The molecule has 0 atom stereocenters. The number of hydrogen-bond donors (Lipinski definition) is 1. The van der Waals surface area contributed by atoms with Crippen LogP contribution in [0.15, 0.2) is 36.5 Å². The van der Waals surface area contributed by atoms with Gasteiger partial charge in [-0.25, -0.2) is 9.67 Å². The second-order valence-electron chi connectivity index (χ2n) is 4.32. The van der Waals surface area contributed by atoms with Gasteiger partial charge in [0, 0.05) is 12.1 Å². The summed E-state index contributed by atoms with van der Waals surface area (Å²) < 4.78 is 1.90. The number of aryl methyl sites for hydroxylation is 2. The average molecular weight is 253 g/mol. The summed E-state index contributed by atoms with van der Waals surface area (Å²) in [6.45, 7) is 4.74. The van der Waals surface area contributed by atoms with Crippen molar-refractivity contribution >= 4 is 0 Å². The van der Waals surface area contributed by atoms with Crippen molar-refractivity contribution in [2.45, 2.75) is 20.4 Å². The lowest BCUT2D eigenvalue weighted by Gasteiger charge is -2.04. The molecule has 0 radical (unpaired) electrons. The molecule has 0 fully saturated rings. The fourth-order valence-electron chi connectivity index (χ4n) is 2.16. The normalized spacial score (nSPS) is 10.8. The minimum atomic E-state index is 0.775. The maximum atomic E-state index is 4.50. The van der Waals surface area contributed by atoms with Gasteiger partial charge in [0.15, 0.2) is 5.82 Å². The fraction of sp³-hybridized carbons (Fsp3) is 0.214. The van der Waals surface area contributed by atoms with E-state index in [2.05, 4.69) is 39.3 Å². The summed E-state index contributed by atoms with van der Waals surface area (Å²) in [5, 5.41) is 11.6. The molecule has 0 amide bonds. The van der Waals surface area contributed by atoms with Gasteiger partial charge < -0.3 is 0 Å². The largest absolute Gasteiger partial charge is 0.277 e. The Morgan fingerprint density at radius 1 is 1.21 bits per heavy atom. The Balaban J connectivity index is 2.15. The average Bonchev–Trinajstić information content (AvgIpc) is 3.05. The summed E-state index contributed by atoms with van der Waals surface area (Å²) in [5.74, 6) is 1.63. The van der Waals surface area contributed by atoms with Crippen LogP contribution in [0, 0.1) is 6.92 Å². The van der Waals surface area contributed by atoms with Crippen LogP contribution in [0.1, 0.15) is 12.7 Å². The number of aromatic amines is 1. The van der Waals surface area contributed by atoms with Crippen LogP contribution in [0.25, 0.3) is 22.6 Å². The fourth-order valence-corrected chi connectivity index (χ4v) is 2.16. The highest BCUT2D eigenvalue weighted by atomic mass is 15.3. The number of nitrogens with zero attached hydrogens (tertiary/aromatic N) is 4. The van der Waals surface area contributed by atoms with E-state index in [9.17, 15) is 0 Å². The number of rotatable bonds is 3. The van der Waals surface area contributed by atoms with E-state index < -0.39 is 0 Å². The molecule has 0 bridgehead atoms. The summed E-state index contributed by atoms with van der Waals surface area (Å²) in [6, 6.07) is 10.1. The van der Waals surface area contributed by atoms with E-state index in [-0.39, 0.29) is 0 Å². The van der Waals surface area contributed by atoms with Gasteiger partial charge >= 0.3 is 0 Å². The van der Waals surface area contributed by atoms with Crippen LogP contribution in [0.3, 0.4) is 0 Å². The molecule has 0 aliphatic heterocycles. The lowest BCUT2D eigenvalue weighted by Crippen LogP contribution is -1.99. The molecule has 0 unspecified atom stereocenters. The Kier molecular flexibility index (Phi) is 2.87. The van der Waals surface area contributed by atoms with Gasteiger partial charge in [0.25, 0.3) is 0 Å². The zero-order chi connectivity index (χ0) is 13.2. The summed E-state index contributed by atoms with van der Waals surface area (Å²) in [7, 11) is 0. The van der Waals surface area contributed by atoms with Gasteiger partial charge in [0.2, 0.25) is 0 Å². The third kappa shape index (κ3) is 2.03. The molecule has 1 aromatic carbocycles. The third-order valence-corrected chi connectivity index (χ3v) is 3.02. The summed E-state index contributed by atoms with van der Waals surface area (Å²) in [4.78, 5) is 4.50. The van der Waals surface area contributed by atoms with Crippen molar-refractivity contribution in [3.8, 4) is 22.6 Å². The van der Waals surface area contributed by atoms with Gasteiger partial charge in [-0.05, 0) is 13.8 Å². The highest BCUT2D eigenvalue weighted by Crippen LogP contribution is 2.28. The Labute approximate surface area is 111 Å². The highest BCUT2D eigenvalue weighted by molar-refractivity contribution is 5.76.